The molecule has 2 fully saturated rings. The number of ether oxygens (including phenoxy) is 1. The molecule has 1 aliphatic heterocycles. The van der Waals surface area contributed by atoms with Crippen molar-refractivity contribution in [3.8, 4) is 0 Å². The maximum atomic E-state index is 6.77. The summed E-state index contributed by atoms with van der Waals surface area (Å²) in [5.41, 5.74) is 1.66. The molecule has 0 aromatic heterocycles. The number of fused-ring (bicyclic) bond motifs is 5. The minimum Gasteiger partial charge on any atom is -0.471 e. The molecule has 0 radical (unpaired) electrons. The van der Waals surface area contributed by atoms with Crippen molar-refractivity contribution in [1.29, 1.82) is 0 Å². The smallest absolute Gasteiger partial charge is 0.217 e. The van der Waals surface area contributed by atoms with Crippen molar-refractivity contribution in [2.45, 2.75) is 45.8 Å². The molecule has 1 heterocycles. The van der Waals surface area contributed by atoms with E-state index in [0.29, 0.717) is 12.0 Å². The second-order valence-electron chi connectivity index (χ2n) is 10.3. The lowest BCUT2D eigenvalue weighted by molar-refractivity contribution is 0.0285. The van der Waals surface area contributed by atoms with Gasteiger partial charge in [0, 0.05) is 11.0 Å². The van der Waals surface area contributed by atoms with Crippen LogP contribution in [0.5, 0.6) is 0 Å². The van der Waals surface area contributed by atoms with E-state index in [2.05, 4.69) is 106 Å². The van der Waals surface area contributed by atoms with E-state index in [1.165, 1.54) is 34.3 Å². The number of benzene rings is 3. The summed E-state index contributed by atoms with van der Waals surface area (Å²) in [5.74, 6) is 1.48. The molecule has 3 aliphatic rings. The highest BCUT2D eigenvalue weighted by molar-refractivity contribution is 7.80. The summed E-state index contributed by atoms with van der Waals surface area (Å²) in [7, 11) is -0.697. The average molecular weight is 440 g/mol. The zero-order valence-corrected chi connectivity index (χ0v) is 19.9. The van der Waals surface area contributed by atoms with Crippen molar-refractivity contribution >= 4 is 29.7 Å². The lowest BCUT2D eigenvalue weighted by Gasteiger charge is -2.37. The first kappa shape index (κ1) is 20.2. The van der Waals surface area contributed by atoms with Crippen LogP contribution in [0.25, 0.3) is 0 Å². The van der Waals surface area contributed by atoms with Gasteiger partial charge in [0.25, 0.3) is 0 Å². The molecule has 3 aromatic carbocycles. The van der Waals surface area contributed by atoms with E-state index in [1.54, 1.807) is 0 Å². The number of rotatable bonds is 4. The zero-order chi connectivity index (χ0) is 21.9. The van der Waals surface area contributed by atoms with Gasteiger partial charge in [0.05, 0.1) is 6.04 Å². The van der Waals surface area contributed by atoms with E-state index in [-0.39, 0.29) is 16.9 Å². The predicted octanol–water partition coefficient (Wildman–Crippen LogP) is 5.41. The van der Waals surface area contributed by atoms with Gasteiger partial charge in [-0.1, -0.05) is 99.6 Å². The second-order valence-corrected chi connectivity index (χ2v) is 12.5. The molecule has 0 N–H and O–H groups in total. The highest BCUT2D eigenvalue weighted by Gasteiger charge is 2.69. The van der Waals surface area contributed by atoms with Gasteiger partial charge in [-0.15, -0.1) is 0 Å². The van der Waals surface area contributed by atoms with Gasteiger partial charge >= 0.3 is 0 Å². The second kappa shape index (κ2) is 7.29. The molecule has 2 bridgehead atoms. The van der Waals surface area contributed by atoms with Crippen LogP contribution in [0.3, 0.4) is 0 Å². The van der Waals surface area contributed by atoms with Crippen LogP contribution in [0.15, 0.2) is 89.9 Å². The Bertz CT molecular complexity index is 1130. The van der Waals surface area contributed by atoms with Crippen LogP contribution in [0.1, 0.15) is 39.2 Å². The summed E-state index contributed by atoms with van der Waals surface area (Å²) < 4.78 is 6.77. The molecule has 32 heavy (non-hydrogen) atoms. The van der Waals surface area contributed by atoms with Gasteiger partial charge < -0.3 is 4.74 Å². The van der Waals surface area contributed by atoms with Crippen molar-refractivity contribution in [1.82, 2.24) is 0 Å². The molecule has 3 heteroatoms. The Labute approximate surface area is 192 Å². The van der Waals surface area contributed by atoms with E-state index < -0.39 is 7.92 Å². The topological polar surface area (TPSA) is 21.6 Å². The van der Waals surface area contributed by atoms with Gasteiger partial charge in [0.2, 0.25) is 5.90 Å². The van der Waals surface area contributed by atoms with Gasteiger partial charge in [-0.05, 0) is 54.1 Å². The molecule has 0 saturated heterocycles. The highest BCUT2D eigenvalue weighted by atomic mass is 31.1. The molecule has 1 unspecified atom stereocenters. The first-order valence-corrected chi connectivity index (χ1v) is 13.1. The van der Waals surface area contributed by atoms with Crippen LogP contribution < -0.4 is 15.9 Å². The van der Waals surface area contributed by atoms with Crippen LogP contribution in [0.2, 0.25) is 0 Å². The number of nitrogens with zero attached hydrogens (tertiary/aromatic N) is 1. The van der Waals surface area contributed by atoms with Crippen molar-refractivity contribution < 1.29 is 4.74 Å². The summed E-state index contributed by atoms with van der Waals surface area (Å²) in [6.45, 7) is 7.29. The molecule has 6 rings (SSSR count). The minimum atomic E-state index is -0.697. The fourth-order valence-electron chi connectivity index (χ4n) is 6.46. The summed E-state index contributed by atoms with van der Waals surface area (Å²) in [5, 5.41) is 4.04. The number of hydrogen-bond acceptors (Lipinski definition) is 2. The van der Waals surface area contributed by atoms with Gasteiger partial charge in [-0.25, -0.2) is 4.99 Å². The lowest BCUT2D eigenvalue weighted by atomic mass is 9.70. The Kier molecular flexibility index (Phi) is 4.60. The third-order valence-corrected chi connectivity index (χ3v) is 11.1. The highest BCUT2D eigenvalue weighted by Crippen LogP contribution is 2.68. The van der Waals surface area contributed by atoms with Gasteiger partial charge in [0.15, 0.2) is 0 Å². The van der Waals surface area contributed by atoms with Crippen molar-refractivity contribution in [3.63, 3.8) is 0 Å². The Balaban J connectivity index is 1.46. The van der Waals surface area contributed by atoms with Crippen LogP contribution >= 0.6 is 7.92 Å². The normalized spacial score (nSPS) is 29.6. The lowest BCUT2D eigenvalue weighted by Crippen LogP contribution is -2.39. The summed E-state index contributed by atoms with van der Waals surface area (Å²) in [4.78, 5) is 5.28. The predicted molar refractivity (Wildman–Crippen MR) is 135 cm³/mol. The molecule has 2 aliphatic carbocycles. The Morgan fingerprint density at radius 3 is 2.03 bits per heavy atom. The van der Waals surface area contributed by atoms with E-state index in [0.717, 1.165) is 5.90 Å². The Morgan fingerprint density at radius 1 is 0.812 bits per heavy atom. The Morgan fingerprint density at radius 2 is 1.41 bits per heavy atom. The first-order chi connectivity index (χ1) is 15.5. The summed E-state index contributed by atoms with van der Waals surface area (Å²) in [6, 6.07) is 30.9. The summed E-state index contributed by atoms with van der Waals surface area (Å²) in [6.07, 6.45) is 2.73. The van der Waals surface area contributed by atoms with Gasteiger partial charge in [-0.2, -0.15) is 0 Å². The van der Waals surface area contributed by atoms with Crippen molar-refractivity contribution in [3.05, 3.63) is 90.5 Å². The van der Waals surface area contributed by atoms with Crippen LogP contribution in [0, 0.1) is 16.7 Å². The van der Waals surface area contributed by atoms with Crippen molar-refractivity contribution in [2.24, 2.45) is 21.7 Å². The molecule has 3 aromatic rings. The SMILES string of the molecule is CC1(C)[C@@H]2CCC1(C)[C@@H]1OC(c3ccccc3P(c3ccccc3)c3ccccc3)=N[C@H]21. The standard InChI is InChI=1S/C29H30NOP/c1-28(2)23-18-19-29(28,3)26-25(23)30-27(31-26)22-16-10-11-17-24(22)32(20-12-6-4-7-13-20)21-14-8-5-9-15-21/h4-17,23,25-26H,18-19H2,1-3H3/t23-,25-,26-,29?/m1/s1. The largest absolute Gasteiger partial charge is 0.471 e. The van der Waals surface area contributed by atoms with Gasteiger partial charge in [0.1, 0.15) is 6.10 Å². The van der Waals surface area contributed by atoms with E-state index in [4.69, 9.17) is 9.73 Å². The molecule has 2 saturated carbocycles. The maximum absolute atomic E-state index is 6.77. The molecule has 0 spiro atoms. The zero-order valence-electron chi connectivity index (χ0n) is 19.0. The number of hydrogen-bond donors (Lipinski definition) is 0. The third-order valence-electron chi connectivity index (χ3n) is 8.63. The fraction of sp³-hybridized carbons (Fsp3) is 0.345. The maximum Gasteiger partial charge on any atom is 0.217 e. The van der Waals surface area contributed by atoms with Crippen LogP contribution in [-0.2, 0) is 4.74 Å². The molecular formula is C29H30NOP. The molecule has 0 amide bonds. The average Bonchev–Trinajstić information content (AvgIpc) is 3.40. The number of aliphatic imine (C=N–C) groups is 1. The van der Waals surface area contributed by atoms with Crippen LogP contribution in [-0.4, -0.2) is 18.0 Å². The first-order valence-electron chi connectivity index (χ1n) is 11.7. The molecular weight excluding hydrogens is 409 g/mol. The van der Waals surface area contributed by atoms with Crippen molar-refractivity contribution in [2.75, 3.05) is 0 Å². The fourth-order valence-corrected chi connectivity index (χ4v) is 8.90. The monoisotopic (exact) mass is 439 g/mol. The third kappa shape index (κ3) is 2.78. The molecule has 2 nitrogen and oxygen atoms in total. The van der Waals surface area contributed by atoms with Crippen LogP contribution in [0.4, 0.5) is 0 Å². The van der Waals surface area contributed by atoms with E-state index in [1.807, 2.05) is 0 Å². The molecule has 4 atom stereocenters. The molecule has 162 valence electrons. The quantitative estimate of drug-likeness (QED) is 0.498. The minimum absolute atomic E-state index is 0.201. The van der Waals surface area contributed by atoms with E-state index in [9.17, 15) is 0 Å². The summed E-state index contributed by atoms with van der Waals surface area (Å²) >= 11 is 0. The Hall–Kier alpha value is -2.44. The van der Waals surface area contributed by atoms with E-state index >= 15 is 0 Å². The van der Waals surface area contributed by atoms with Gasteiger partial charge in [-0.3, -0.25) is 0 Å².